The van der Waals surface area contributed by atoms with Crippen molar-refractivity contribution >= 4 is 34.3 Å². The van der Waals surface area contributed by atoms with Crippen molar-refractivity contribution in [3.05, 3.63) is 133 Å². The highest BCUT2D eigenvalue weighted by Crippen LogP contribution is 2.61. The first kappa shape index (κ1) is 33.1. The van der Waals surface area contributed by atoms with Gasteiger partial charge in [-0.05, 0) is 75.4 Å². The highest BCUT2D eigenvalue weighted by molar-refractivity contribution is 5.85. The Balaban J connectivity index is 1.30. The van der Waals surface area contributed by atoms with Crippen LogP contribution in [0.2, 0.25) is 0 Å². The molecule has 5 heteroatoms. The Morgan fingerprint density at radius 1 is 0.612 bits per heavy atom. The third-order valence-corrected chi connectivity index (χ3v) is 10.2. The number of anilines is 3. The van der Waals surface area contributed by atoms with Crippen molar-refractivity contribution in [2.75, 3.05) is 18.6 Å². The second-order valence-electron chi connectivity index (χ2n) is 17.2. The molecule has 0 radical (unpaired) electrons. The fraction of sp³-hybridized carbons (Fsp3) is 0.318. The second-order valence-corrected chi connectivity index (χ2v) is 17.2. The number of aromatic nitrogens is 1. The normalized spacial score (nSPS) is 20.0. The molecule has 1 fully saturated rings. The first-order chi connectivity index (χ1) is 23.0. The standard InChI is InChI=1S/C44H51N4O/c1-42(2,3)31-19-20-39-40(25-31)48(29-47(39,10)30-48)36-23-33(44(7,8)9)24-38(28-36)49-37-18-14-17-35(27-37)46(34-15-12-11-13-16-34)41-26-32(21-22-45-41)43(4,5)6/h11-29H,30H2,1-10H3/q+1/t47-,48+/m0/s1. The third kappa shape index (κ3) is 5.94. The average Bonchev–Trinajstić information content (AvgIpc) is 3.43. The molecule has 3 aliphatic heterocycles. The van der Waals surface area contributed by atoms with Gasteiger partial charge in [0.1, 0.15) is 23.0 Å². The van der Waals surface area contributed by atoms with Gasteiger partial charge in [-0.3, -0.25) is 9.38 Å². The Morgan fingerprint density at radius 3 is 1.94 bits per heavy atom. The van der Waals surface area contributed by atoms with E-state index in [1.165, 1.54) is 33.8 Å². The molecule has 5 aromatic rings. The molecule has 1 saturated heterocycles. The summed E-state index contributed by atoms with van der Waals surface area (Å²) in [5, 5.41) is 0. The van der Waals surface area contributed by atoms with E-state index in [1.54, 1.807) is 0 Å². The molecule has 0 N–H and O–H groups in total. The third-order valence-electron chi connectivity index (χ3n) is 10.2. The van der Waals surface area contributed by atoms with Crippen LogP contribution in [0.1, 0.15) is 79.0 Å². The summed E-state index contributed by atoms with van der Waals surface area (Å²) >= 11 is 0. The highest BCUT2D eigenvalue weighted by atomic mass is 16.5. The van der Waals surface area contributed by atoms with E-state index in [2.05, 4.69) is 172 Å². The molecule has 4 aromatic carbocycles. The number of hydrogen-bond donors (Lipinski definition) is 0. The van der Waals surface area contributed by atoms with Crippen LogP contribution in [0.3, 0.4) is 0 Å². The lowest BCUT2D eigenvalue weighted by Gasteiger charge is -2.55. The number of benzene rings is 4. The maximum atomic E-state index is 6.83. The van der Waals surface area contributed by atoms with Gasteiger partial charge in [0.2, 0.25) is 0 Å². The van der Waals surface area contributed by atoms with Crippen LogP contribution in [0.15, 0.2) is 109 Å². The van der Waals surface area contributed by atoms with Crippen molar-refractivity contribution in [3.63, 3.8) is 0 Å². The van der Waals surface area contributed by atoms with Crippen LogP contribution in [0.25, 0.3) is 0 Å². The lowest BCUT2D eigenvalue weighted by Crippen LogP contribution is -2.68. The molecule has 8 rings (SSSR count). The minimum Gasteiger partial charge on any atom is -0.457 e. The molecule has 0 amide bonds. The zero-order valence-corrected chi connectivity index (χ0v) is 30.9. The zero-order chi connectivity index (χ0) is 35.0. The lowest BCUT2D eigenvalue weighted by molar-refractivity contribution is 0.157. The Hall–Kier alpha value is -4.45. The quantitative estimate of drug-likeness (QED) is 0.135. The van der Waals surface area contributed by atoms with E-state index in [9.17, 15) is 0 Å². The predicted octanol–water partition coefficient (Wildman–Crippen LogP) is 11.9. The number of pyridine rings is 1. The van der Waals surface area contributed by atoms with Gasteiger partial charge in [0.05, 0.1) is 19.4 Å². The molecule has 0 unspecified atom stereocenters. The van der Waals surface area contributed by atoms with Gasteiger partial charge in [-0.25, -0.2) is 4.98 Å². The first-order valence-corrected chi connectivity index (χ1v) is 17.5. The Bertz CT molecular complexity index is 2020. The maximum Gasteiger partial charge on any atom is 0.181 e. The smallest absolute Gasteiger partial charge is 0.181 e. The zero-order valence-electron chi connectivity index (χ0n) is 30.9. The minimum absolute atomic E-state index is 0.00112. The Morgan fingerprint density at radius 2 is 1.27 bits per heavy atom. The predicted molar refractivity (Wildman–Crippen MR) is 206 cm³/mol. The number of hydrogen-bond acceptors (Lipinski definition) is 3. The van der Waals surface area contributed by atoms with Crippen molar-refractivity contribution in [2.45, 2.75) is 78.6 Å². The molecule has 1 aromatic heterocycles. The van der Waals surface area contributed by atoms with Gasteiger partial charge in [0.25, 0.3) is 0 Å². The largest absolute Gasteiger partial charge is 0.457 e. The number of para-hydroxylation sites is 1. The van der Waals surface area contributed by atoms with E-state index in [0.29, 0.717) is 0 Å². The summed E-state index contributed by atoms with van der Waals surface area (Å²) < 4.78 is 8.41. The summed E-state index contributed by atoms with van der Waals surface area (Å²) in [4.78, 5) is 7.06. The van der Waals surface area contributed by atoms with E-state index < -0.39 is 0 Å². The average molecular weight is 652 g/mol. The Labute approximate surface area is 293 Å². The van der Waals surface area contributed by atoms with Crippen molar-refractivity contribution in [1.29, 1.82) is 0 Å². The van der Waals surface area contributed by atoms with E-state index in [4.69, 9.17) is 9.72 Å². The van der Waals surface area contributed by atoms with Gasteiger partial charge >= 0.3 is 0 Å². The molecule has 2 atom stereocenters. The second kappa shape index (κ2) is 11.3. The van der Waals surface area contributed by atoms with Crippen LogP contribution in [-0.4, -0.2) is 18.7 Å². The summed E-state index contributed by atoms with van der Waals surface area (Å²) in [6.45, 7) is 23.9. The van der Waals surface area contributed by atoms with Crippen LogP contribution in [-0.2, 0) is 16.2 Å². The molecule has 252 valence electrons. The maximum absolute atomic E-state index is 6.83. The number of nitrogens with zero attached hydrogens (tertiary/aromatic N) is 4. The molecule has 0 aliphatic carbocycles. The van der Waals surface area contributed by atoms with E-state index in [0.717, 1.165) is 44.3 Å². The first-order valence-electron chi connectivity index (χ1n) is 17.5. The summed E-state index contributed by atoms with van der Waals surface area (Å²) in [6.07, 6.45) is 1.91. The van der Waals surface area contributed by atoms with E-state index in [1.807, 2.05) is 18.3 Å². The van der Waals surface area contributed by atoms with Crippen LogP contribution >= 0.6 is 0 Å². The molecule has 49 heavy (non-hydrogen) atoms. The van der Waals surface area contributed by atoms with Crippen molar-refractivity contribution in [1.82, 2.24) is 14.0 Å². The Kier molecular flexibility index (Phi) is 7.62. The van der Waals surface area contributed by atoms with Gasteiger partial charge in [0.15, 0.2) is 18.0 Å². The summed E-state index contributed by atoms with van der Waals surface area (Å²) in [7, 11) is 2.32. The fourth-order valence-corrected chi connectivity index (χ4v) is 7.31. The molecular weight excluding hydrogens is 601 g/mol. The fourth-order valence-electron chi connectivity index (χ4n) is 7.31. The van der Waals surface area contributed by atoms with Gasteiger partial charge in [-0.1, -0.05) is 92.6 Å². The van der Waals surface area contributed by atoms with Crippen LogP contribution in [0, 0.1) is 6.67 Å². The number of rotatable bonds is 6. The summed E-state index contributed by atoms with van der Waals surface area (Å²) in [5.41, 5.74) is 9.91. The topological polar surface area (TPSA) is 25.4 Å². The van der Waals surface area contributed by atoms with Crippen molar-refractivity contribution < 1.29 is 4.74 Å². The van der Waals surface area contributed by atoms with Crippen molar-refractivity contribution in [2.24, 2.45) is 0 Å². The van der Waals surface area contributed by atoms with E-state index >= 15 is 0 Å². The SMILES string of the molecule is CC(C)(C)c1cc(Oc2cccc(N(c3ccccc3)c3cc(C(C)(C)C)ccn3)c2)cc([N@@+]23[CH-][N@@+](C)(C2)c2ccc(C(C)(C)C)cc23)c1. The molecule has 0 saturated carbocycles. The van der Waals surface area contributed by atoms with Crippen LogP contribution < -0.4 is 18.6 Å². The van der Waals surface area contributed by atoms with Gasteiger partial charge in [-0.15, -0.1) is 0 Å². The van der Waals surface area contributed by atoms with Crippen molar-refractivity contribution in [3.8, 4) is 11.5 Å². The molecular formula is C44H51N4O+. The number of ether oxygens (including phenoxy) is 1. The van der Waals surface area contributed by atoms with Crippen LogP contribution in [0.4, 0.5) is 34.3 Å². The molecule has 4 heterocycles. The van der Waals surface area contributed by atoms with Gasteiger partial charge < -0.3 is 9.22 Å². The van der Waals surface area contributed by atoms with Crippen LogP contribution in [0.5, 0.6) is 11.5 Å². The van der Waals surface area contributed by atoms with Gasteiger partial charge in [0, 0.05) is 42.2 Å². The van der Waals surface area contributed by atoms with Gasteiger partial charge in [-0.2, -0.15) is 0 Å². The molecule has 2 bridgehead atoms. The highest BCUT2D eigenvalue weighted by Gasteiger charge is 2.59. The minimum atomic E-state index is -0.0546. The lowest BCUT2D eigenvalue weighted by atomic mass is 9.86. The molecule has 0 spiro atoms. The summed E-state index contributed by atoms with van der Waals surface area (Å²) in [5.74, 6) is 2.51. The molecule has 3 aliphatic rings. The summed E-state index contributed by atoms with van der Waals surface area (Å²) in [6, 6.07) is 37.1. The molecule has 5 nitrogen and oxygen atoms in total. The van der Waals surface area contributed by atoms with E-state index in [-0.39, 0.29) is 16.2 Å². The monoisotopic (exact) mass is 651 g/mol. The number of quaternary nitrogens is 2.